The predicted octanol–water partition coefficient (Wildman–Crippen LogP) is 4.44. The maximum atomic E-state index is 13.4. The Morgan fingerprint density at radius 2 is 1.41 bits per heavy atom. The van der Waals surface area contributed by atoms with Crippen LogP contribution in [0.2, 0.25) is 0 Å². The molecule has 1 aliphatic rings. The zero-order valence-corrected chi connectivity index (χ0v) is 19.5. The van der Waals surface area contributed by atoms with Gasteiger partial charge >= 0.3 is 0 Å². The first-order valence-corrected chi connectivity index (χ1v) is 11.7. The van der Waals surface area contributed by atoms with Crippen LogP contribution in [0.15, 0.2) is 84.9 Å². The van der Waals surface area contributed by atoms with Crippen molar-refractivity contribution in [1.29, 1.82) is 0 Å². The number of hydrogen-bond acceptors (Lipinski definition) is 3. The van der Waals surface area contributed by atoms with Gasteiger partial charge in [0.15, 0.2) is 5.11 Å². The summed E-state index contributed by atoms with van der Waals surface area (Å²) in [5.41, 5.74) is 2.73. The molecule has 1 aliphatic heterocycles. The van der Waals surface area contributed by atoms with Crippen molar-refractivity contribution < 1.29 is 14.0 Å². The van der Waals surface area contributed by atoms with E-state index in [1.807, 2.05) is 65.6 Å². The molecule has 2 amide bonds. The van der Waals surface area contributed by atoms with Crippen molar-refractivity contribution >= 4 is 34.8 Å². The minimum atomic E-state index is -0.674. The zero-order chi connectivity index (χ0) is 23.9. The summed E-state index contributed by atoms with van der Waals surface area (Å²) in [6.07, 6.45) is 1.34. The van der Waals surface area contributed by atoms with Gasteiger partial charge in [0.25, 0.3) is 5.91 Å². The van der Waals surface area contributed by atoms with Gasteiger partial charge < -0.3 is 10.2 Å². The number of carbonyl (C=O) groups excluding carboxylic acids is 2. The van der Waals surface area contributed by atoms with Gasteiger partial charge in [0.05, 0.1) is 6.42 Å². The molecule has 5 nitrogen and oxygen atoms in total. The summed E-state index contributed by atoms with van der Waals surface area (Å²) in [4.78, 5) is 29.6. The minimum absolute atomic E-state index is 0.0347. The van der Waals surface area contributed by atoms with Gasteiger partial charge in [0.1, 0.15) is 11.9 Å². The minimum Gasteiger partial charge on any atom is -0.336 e. The fraction of sp³-hybridized carbons (Fsp3) is 0.222. The Morgan fingerprint density at radius 1 is 0.853 bits per heavy atom. The van der Waals surface area contributed by atoms with Crippen molar-refractivity contribution in [2.24, 2.45) is 0 Å². The standard InChI is InChI=1S/C27H26FN3O2S/c28-22-11-13-23(14-12-22)29-25(32)19-24-26(33)31(18-16-21-9-5-2-6-10-21)27(34)30(24)17-15-20-7-3-1-4-8-20/h1-14,24H,15-19H2,(H,29,32)/t24-/m1/s1. The topological polar surface area (TPSA) is 52.7 Å². The lowest BCUT2D eigenvalue weighted by atomic mass is 10.1. The number of amides is 2. The lowest BCUT2D eigenvalue weighted by Crippen LogP contribution is -2.39. The van der Waals surface area contributed by atoms with Gasteiger partial charge in [-0.05, 0) is 60.5 Å². The van der Waals surface area contributed by atoms with Crippen molar-refractivity contribution in [3.63, 3.8) is 0 Å². The van der Waals surface area contributed by atoms with Crippen molar-refractivity contribution in [2.45, 2.75) is 25.3 Å². The molecule has 1 heterocycles. The molecule has 34 heavy (non-hydrogen) atoms. The van der Waals surface area contributed by atoms with E-state index >= 15 is 0 Å². The van der Waals surface area contributed by atoms with Crippen LogP contribution in [0.4, 0.5) is 10.1 Å². The number of hydrogen-bond donors (Lipinski definition) is 1. The molecule has 0 spiro atoms. The first-order valence-electron chi connectivity index (χ1n) is 11.3. The van der Waals surface area contributed by atoms with E-state index < -0.39 is 6.04 Å². The Kier molecular flexibility index (Phi) is 7.65. The fourth-order valence-electron chi connectivity index (χ4n) is 4.05. The highest BCUT2D eigenvalue weighted by Gasteiger charge is 2.42. The molecule has 1 N–H and O–H groups in total. The Morgan fingerprint density at radius 3 is 2.00 bits per heavy atom. The fourth-order valence-corrected chi connectivity index (χ4v) is 4.45. The third-order valence-corrected chi connectivity index (χ3v) is 6.32. The molecule has 174 valence electrons. The quantitative estimate of drug-likeness (QED) is 0.465. The van der Waals surface area contributed by atoms with E-state index in [-0.39, 0.29) is 24.1 Å². The van der Waals surface area contributed by atoms with Crippen LogP contribution in [0.25, 0.3) is 0 Å². The summed E-state index contributed by atoms with van der Waals surface area (Å²) >= 11 is 5.70. The van der Waals surface area contributed by atoms with E-state index in [1.165, 1.54) is 24.3 Å². The van der Waals surface area contributed by atoms with Gasteiger partial charge in [-0.25, -0.2) is 4.39 Å². The summed E-state index contributed by atoms with van der Waals surface area (Å²) in [7, 11) is 0. The van der Waals surface area contributed by atoms with Gasteiger partial charge in [-0.3, -0.25) is 14.5 Å². The van der Waals surface area contributed by atoms with Gasteiger partial charge in [-0.1, -0.05) is 60.7 Å². The summed E-state index contributed by atoms with van der Waals surface area (Å²) < 4.78 is 13.2. The molecule has 3 aromatic carbocycles. The summed E-state index contributed by atoms with van der Waals surface area (Å²) in [6, 6.07) is 24.8. The second-order valence-electron chi connectivity index (χ2n) is 8.21. The highest BCUT2D eigenvalue weighted by molar-refractivity contribution is 7.80. The number of carbonyl (C=O) groups is 2. The normalized spacial score (nSPS) is 15.6. The van der Waals surface area contributed by atoms with Crippen molar-refractivity contribution in [1.82, 2.24) is 9.80 Å². The molecule has 1 atom stereocenters. The summed E-state index contributed by atoms with van der Waals surface area (Å²) in [5, 5.41) is 3.21. The summed E-state index contributed by atoms with van der Waals surface area (Å²) in [5.74, 6) is -0.860. The van der Waals surface area contributed by atoms with Crippen molar-refractivity contribution in [3.05, 3.63) is 102 Å². The van der Waals surface area contributed by atoms with E-state index in [0.717, 1.165) is 11.1 Å². The van der Waals surface area contributed by atoms with Crippen LogP contribution in [0.1, 0.15) is 17.5 Å². The Balaban J connectivity index is 1.47. The number of anilines is 1. The van der Waals surface area contributed by atoms with Gasteiger partial charge in [-0.2, -0.15) is 0 Å². The molecule has 3 aromatic rings. The number of nitrogens with one attached hydrogen (secondary N) is 1. The van der Waals surface area contributed by atoms with Crippen LogP contribution in [0.3, 0.4) is 0 Å². The monoisotopic (exact) mass is 475 g/mol. The van der Waals surface area contributed by atoms with Gasteiger partial charge in [-0.15, -0.1) is 0 Å². The molecule has 4 rings (SSSR count). The molecule has 0 saturated carbocycles. The highest BCUT2D eigenvalue weighted by Crippen LogP contribution is 2.23. The molecule has 0 aromatic heterocycles. The van der Waals surface area contributed by atoms with E-state index in [0.29, 0.717) is 36.7 Å². The van der Waals surface area contributed by atoms with Crippen LogP contribution in [0.5, 0.6) is 0 Å². The summed E-state index contributed by atoms with van der Waals surface area (Å²) in [6.45, 7) is 0.991. The Labute approximate surface area is 204 Å². The maximum absolute atomic E-state index is 13.4. The number of benzene rings is 3. The average molecular weight is 476 g/mol. The van der Waals surface area contributed by atoms with Crippen LogP contribution < -0.4 is 5.32 Å². The molecule has 0 bridgehead atoms. The maximum Gasteiger partial charge on any atom is 0.252 e. The average Bonchev–Trinajstić information content (AvgIpc) is 3.07. The SMILES string of the molecule is O=C(C[C@@H]1C(=O)N(CCc2ccccc2)C(=S)N1CCc1ccccc1)Nc1ccc(F)cc1. The van der Waals surface area contributed by atoms with E-state index in [2.05, 4.69) is 5.32 Å². The number of rotatable bonds is 9. The van der Waals surface area contributed by atoms with Gasteiger partial charge in [0.2, 0.25) is 5.91 Å². The molecule has 0 aliphatic carbocycles. The van der Waals surface area contributed by atoms with Crippen LogP contribution in [-0.4, -0.2) is 45.9 Å². The highest BCUT2D eigenvalue weighted by atomic mass is 32.1. The van der Waals surface area contributed by atoms with E-state index in [1.54, 1.807) is 4.90 Å². The Hall–Kier alpha value is -3.58. The lowest BCUT2D eigenvalue weighted by molar-refractivity contribution is -0.130. The number of nitrogens with zero attached hydrogens (tertiary/aromatic N) is 2. The molecule has 1 saturated heterocycles. The number of halogens is 1. The number of thiocarbonyl (C=S) groups is 1. The predicted molar refractivity (Wildman–Crippen MR) is 135 cm³/mol. The van der Waals surface area contributed by atoms with E-state index in [4.69, 9.17) is 12.2 Å². The first kappa shape index (κ1) is 23.6. The second-order valence-corrected chi connectivity index (χ2v) is 8.58. The van der Waals surface area contributed by atoms with E-state index in [9.17, 15) is 14.0 Å². The van der Waals surface area contributed by atoms with Crippen LogP contribution >= 0.6 is 12.2 Å². The molecule has 0 radical (unpaired) electrons. The smallest absolute Gasteiger partial charge is 0.252 e. The Bertz CT molecular complexity index is 1140. The molecule has 0 unspecified atom stereocenters. The first-order chi connectivity index (χ1) is 16.5. The third kappa shape index (κ3) is 5.85. The second kappa shape index (κ2) is 11.0. The lowest BCUT2D eigenvalue weighted by Gasteiger charge is -2.24. The molecular formula is C27H26FN3O2S. The molecular weight excluding hydrogens is 449 g/mol. The largest absolute Gasteiger partial charge is 0.336 e. The molecule has 1 fully saturated rings. The zero-order valence-electron chi connectivity index (χ0n) is 18.7. The molecule has 7 heteroatoms. The van der Waals surface area contributed by atoms with Gasteiger partial charge in [0, 0.05) is 18.8 Å². The van der Waals surface area contributed by atoms with Crippen molar-refractivity contribution in [2.75, 3.05) is 18.4 Å². The van der Waals surface area contributed by atoms with Crippen LogP contribution in [-0.2, 0) is 22.4 Å². The van der Waals surface area contributed by atoms with Crippen molar-refractivity contribution in [3.8, 4) is 0 Å². The van der Waals surface area contributed by atoms with Crippen LogP contribution in [0, 0.1) is 5.82 Å². The third-order valence-electron chi connectivity index (χ3n) is 5.86.